The van der Waals surface area contributed by atoms with Gasteiger partial charge in [-0.05, 0) is 31.4 Å². The lowest BCUT2D eigenvalue weighted by Gasteiger charge is -2.50. The van der Waals surface area contributed by atoms with Gasteiger partial charge in [-0.1, -0.05) is 18.0 Å². The molecule has 21 heavy (non-hydrogen) atoms. The van der Waals surface area contributed by atoms with Crippen molar-refractivity contribution >= 4 is 23.4 Å². The molecule has 3 rings (SSSR count). The zero-order valence-corrected chi connectivity index (χ0v) is 12.8. The van der Waals surface area contributed by atoms with Crippen molar-refractivity contribution in [2.24, 2.45) is 5.41 Å². The maximum Gasteiger partial charge on any atom is 0.338 e. The third-order valence-corrected chi connectivity index (χ3v) is 4.76. The predicted octanol–water partition coefficient (Wildman–Crippen LogP) is 2.89. The van der Waals surface area contributed by atoms with E-state index in [1.165, 1.54) is 32.4 Å². The summed E-state index contributed by atoms with van der Waals surface area (Å²) in [4.78, 5) is 15.9. The number of anilines is 1. The van der Waals surface area contributed by atoms with Gasteiger partial charge in [-0.15, -0.1) is 0 Å². The quantitative estimate of drug-likeness (QED) is 0.687. The highest BCUT2D eigenvalue weighted by Gasteiger charge is 2.46. The second-order valence-electron chi connectivity index (χ2n) is 5.81. The molecule has 2 fully saturated rings. The van der Waals surface area contributed by atoms with Crippen molar-refractivity contribution in [2.75, 3.05) is 25.6 Å². The van der Waals surface area contributed by atoms with Gasteiger partial charge in [0.1, 0.15) is 11.0 Å². The summed E-state index contributed by atoms with van der Waals surface area (Å²) in [6, 6.07) is 3.53. The molecule has 2 aliphatic rings. The molecular weight excluding hydrogens is 292 g/mol. The number of hydrogen-bond donors (Lipinski definition) is 1. The van der Waals surface area contributed by atoms with E-state index in [4.69, 9.17) is 21.1 Å². The molecule has 1 N–H and O–H groups in total. The Labute approximate surface area is 129 Å². The summed E-state index contributed by atoms with van der Waals surface area (Å²) in [6.45, 7) is 1.55. The third-order valence-electron chi connectivity index (χ3n) is 4.57. The van der Waals surface area contributed by atoms with Gasteiger partial charge in [0.2, 0.25) is 0 Å². The average molecular weight is 311 g/mol. The number of aromatic nitrogens is 1. The number of carbonyl (C=O) groups excluding carboxylic acids is 1. The van der Waals surface area contributed by atoms with E-state index in [1.807, 2.05) is 0 Å². The number of esters is 1. The first kappa shape index (κ1) is 14.6. The summed E-state index contributed by atoms with van der Waals surface area (Å²) in [5, 5.41) is 3.74. The lowest BCUT2D eigenvalue weighted by molar-refractivity contribution is -0.0618. The van der Waals surface area contributed by atoms with Crippen LogP contribution in [0, 0.1) is 5.41 Å². The number of rotatable bonds is 3. The number of pyridine rings is 1. The van der Waals surface area contributed by atoms with E-state index < -0.39 is 5.97 Å². The maximum absolute atomic E-state index is 11.6. The van der Waals surface area contributed by atoms with Crippen molar-refractivity contribution in [2.45, 2.75) is 31.7 Å². The van der Waals surface area contributed by atoms with E-state index in [-0.39, 0.29) is 10.6 Å². The second kappa shape index (κ2) is 5.81. The molecule has 0 amide bonds. The molecular formula is C15H19ClN2O3. The van der Waals surface area contributed by atoms with Crippen LogP contribution >= 0.6 is 11.6 Å². The number of ether oxygens (including phenoxy) is 2. The molecule has 1 spiro atoms. The van der Waals surface area contributed by atoms with Crippen LogP contribution < -0.4 is 5.32 Å². The number of methoxy groups -OCH3 is 1. The Morgan fingerprint density at radius 3 is 3.00 bits per heavy atom. The normalized spacial score (nSPS) is 23.4. The zero-order chi connectivity index (χ0) is 14.9. The van der Waals surface area contributed by atoms with Crippen molar-refractivity contribution in [3.8, 4) is 0 Å². The molecule has 1 aromatic heterocycles. The van der Waals surface area contributed by atoms with Gasteiger partial charge in [0.25, 0.3) is 0 Å². The van der Waals surface area contributed by atoms with Crippen molar-refractivity contribution in [3.63, 3.8) is 0 Å². The number of nitrogens with zero attached hydrogens (tertiary/aromatic N) is 1. The van der Waals surface area contributed by atoms with Crippen LogP contribution in [0.4, 0.5) is 5.82 Å². The van der Waals surface area contributed by atoms with Gasteiger partial charge in [0.15, 0.2) is 0 Å². The van der Waals surface area contributed by atoms with Crippen LogP contribution in [0.3, 0.4) is 0 Å². The van der Waals surface area contributed by atoms with Crippen molar-refractivity contribution in [1.29, 1.82) is 0 Å². The first-order valence-corrected chi connectivity index (χ1v) is 7.61. The van der Waals surface area contributed by atoms with Crippen molar-refractivity contribution < 1.29 is 14.3 Å². The van der Waals surface area contributed by atoms with Crippen molar-refractivity contribution in [1.82, 2.24) is 4.98 Å². The Balaban J connectivity index is 1.80. The molecule has 0 bridgehead atoms. The molecule has 1 saturated heterocycles. The van der Waals surface area contributed by atoms with E-state index in [9.17, 15) is 4.79 Å². The fourth-order valence-electron chi connectivity index (χ4n) is 3.22. The Morgan fingerprint density at radius 2 is 2.33 bits per heavy atom. The lowest BCUT2D eigenvalue weighted by atomic mass is 9.63. The molecule has 0 aromatic carbocycles. The summed E-state index contributed by atoms with van der Waals surface area (Å²) in [5.74, 6) is 0.216. The summed E-state index contributed by atoms with van der Waals surface area (Å²) >= 11 is 6.00. The van der Waals surface area contributed by atoms with Crippen LogP contribution in [0.25, 0.3) is 0 Å². The topological polar surface area (TPSA) is 60.5 Å². The van der Waals surface area contributed by atoms with Crippen LogP contribution in [0.1, 0.15) is 36.0 Å². The number of hydrogen-bond acceptors (Lipinski definition) is 5. The average Bonchev–Trinajstić information content (AvgIpc) is 2.44. The molecule has 1 aliphatic heterocycles. The molecule has 1 unspecified atom stereocenters. The van der Waals surface area contributed by atoms with Crippen LogP contribution in [-0.2, 0) is 9.47 Å². The minimum Gasteiger partial charge on any atom is -0.465 e. The SMILES string of the molecule is COC(=O)c1cc(Cl)nc(NC2CCOCC23CCC3)c1. The predicted molar refractivity (Wildman–Crippen MR) is 79.7 cm³/mol. The molecule has 1 saturated carbocycles. The molecule has 1 atom stereocenters. The van der Waals surface area contributed by atoms with E-state index in [2.05, 4.69) is 10.3 Å². The first-order chi connectivity index (χ1) is 10.1. The number of halogens is 1. The Hall–Kier alpha value is -1.33. The Kier molecular flexibility index (Phi) is 4.04. The lowest BCUT2D eigenvalue weighted by Crippen LogP contribution is -2.52. The standard InChI is InChI=1S/C15H19ClN2O3/c1-20-14(19)10-7-12(16)18-13(8-10)17-11-3-6-21-9-15(11)4-2-5-15/h7-8,11H,2-6,9H2,1H3,(H,17,18). The first-order valence-electron chi connectivity index (χ1n) is 7.23. The van der Waals surface area contributed by atoms with Gasteiger partial charge in [0.05, 0.1) is 19.3 Å². The highest BCUT2D eigenvalue weighted by molar-refractivity contribution is 6.29. The van der Waals surface area contributed by atoms with Gasteiger partial charge < -0.3 is 14.8 Å². The van der Waals surface area contributed by atoms with Gasteiger partial charge >= 0.3 is 5.97 Å². The fourth-order valence-corrected chi connectivity index (χ4v) is 3.43. The molecule has 0 radical (unpaired) electrons. The highest BCUT2D eigenvalue weighted by Crippen LogP contribution is 2.47. The largest absolute Gasteiger partial charge is 0.465 e. The molecule has 114 valence electrons. The van der Waals surface area contributed by atoms with Gasteiger partial charge in [-0.25, -0.2) is 9.78 Å². The molecule has 2 heterocycles. The van der Waals surface area contributed by atoms with E-state index in [0.717, 1.165) is 19.6 Å². The van der Waals surface area contributed by atoms with Crippen LogP contribution in [-0.4, -0.2) is 37.3 Å². The highest BCUT2D eigenvalue weighted by atomic mass is 35.5. The second-order valence-corrected chi connectivity index (χ2v) is 6.20. The van der Waals surface area contributed by atoms with Crippen LogP contribution in [0.5, 0.6) is 0 Å². The van der Waals surface area contributed by atoms with Gasteiger partial charge in [-0.2, -0.15) is 0 Å². The third kappa shape index (κ3) is 2.85. The Bertz CT molecular complexity index is 546. The summed E-state index contributed by atoms with van der Waals surface area (Å²) in [5.41, 5.74) is 0.628. The number of carbonyl (C=O) groups is 1. The monoisotopic (exact) mass is 310 g/mol. The van der Waals surface area contributed by atoms with Gasteiger partial charge in [0, 0.05) is 18.1 Å². The summed E-state index contributed by atoms with van der Waals surface area (Å²) in [7, 11) is 1.35. The summed E-state index contributed by atoms with van der Waals surface area (Å²) < 4.78 is 10.4. The fraction of sp³-hybridized carbons (Fsp3) is 0.600. The Morgan fingerprint density at radius 1 is 1.52 bits per heavy atom. The molecule has 5 nitrogen and oxygen atoms in total. The van der Waals surface area contributed by atoms with Crippen molar-refractivity contribution in [3.05, 3.63) is 22.8 Å². The van der Waals surface area contributed by atoms with Gasteiger partial charge in [-0.3, -0.25) is 0 Å². The molecule has 6 heteroatoms. The zero-order valence-electron chi connectivity index (χ0n) is 12.0. The van der Waals surface area contributed by atoms with Crippen LogP contribution in [0.2, 0.25) is 5.15 Å². The van der Waals surface area contributed by atoms with E-state index in [0.29, 0.717) is 17.4 Å². The maximum atomic E-state index is 11.6. The minimum absolute atomic E-state index is 0.216. The van der Waals surface area contributed by atoms with Crippen LogP contribution in [0.15, 0.2) is 12.1 Å². The van der Waals surface area contributed by atoms with E-state index in [1.54, 1.807) is 6.07 Å². The minimum atomic E-state index is -0.410. The number of nitrogens with one attached hydrogen (secondary N) is 1. The van der Waals surface area contributed by atoms with E-state index >= 15 is 0 Å². The summed E-state index contributed by atoms with van der Waals surface area (Å²) in [6.07, 6.45) is 4.55. The smallest absolute Gasteiger partial charge is 0.338 e. The molecule has 1 aliphatic carbocycles. The molecule has 1 aromatic rings.